The van der Waals surface area contributed by atoms with Gasteiger partial charge in [0.15, 0.2) is 6.29 Å². The number of hydrogen-bond acceptors (Lipinski definition) is 3. The monoisotopic (exact) mass is 129 g/mol. The number of rotatable bonds is 1. The maximum Gasteiger partial charge on any atom is 0.246 e. The molecule has 0 radical (unpaired) electrons. The molecule has 1 amide bonds. The van der Waals surface area contributed by atoms with Gasteiger partial charge in [0.25, 0.3) is 0 Å². The SMILES string of the molecule is O=CC1CNC(=O)CO1. The largest absolute Gasteiger partial charge is 0.359 e. The fourth-order valence-corrected chi connectivity index (χ4v) is 0.595. The molecule has 0 aromatic heterocycles. The predicted molar refractivity (Wildman–Crippen MR) is 28.8 cm³/mol. The molecule has 4 nitrogen and oxygen atoms in total. The van der Waals surface area contributed by atoms with E-state index in [9.17, 15) is 9.59 Å². The Kier molecular flexibility index (Phi) is 1.79. The Morgan fingerprint density at radius 1 is 1.78 bits per heavy atom. The normalized spacial score (nSPS) is 27.1. The second-order valence-electron chi connectivity index (χ2n) is 1.79. The summed E-state index contributed by atoms with van der Waals surface area (Å²) in [5, 5.41) is 2.49. The summed E-state index contributed by atoms with van der Waals surface area (Å²) in [6.45, 7) is 0.311. The number of carbonyl (C=O) groups excluding carboxylic acids is 2. The fourth-order valence-electron chi connectivity index (χ4n) is 0.595. The van der Waals surface area contributed by atoms with E-state index in [0.29, 0.717) is 12.8 Å². The Hall–Kier alpha value is -0.900. The van der Waals surface area contributed by atoms with Crippen LogP contribution in [-0.4, -0.2) is 31.4 Å². The molecule has 1 saturated heterocycles. The van der Waals surface area contributed by atoms with Gasteiger partial charge in [-0.15, -0.1) is 0 Å². The molecule has 1 heterocycles. The maximum atomic E-state index is 10.4. The van der Waals surface area contributed by atoms with Crippen molar-refractivity contribution in [1.29, 1.82) is 0 Å². The quantitative estimate of drug-likeness (QED) is 0.448. The number of hydrogen-bond donors (Lipinski definition) is 1. The minimum atomic E-state index is -0.442. The third-order valence-corrected chi connectivity index (χ3v) is 1.08. The van der Waals surface area contributed by atoms with E-state index in [-0.39, 0.29) is 12.5 Å². The van der Waals surface area contributed by atoms with E-state index in [1.165, 1.54) is 0 Å². The van der Waals surface area contributed by atoms with Crippen LogP contribution in [0.2, 0.25) is 0 Å². The first-order chi connectivity index (χ1) is 4.33. The predicted octanol–water partition coefficient (Wildman–Crippen LogP) is -1.30. The molecule has 9 heavy (non-hydrogen) atoms. The Morgan fingerprint density at radius 2 is 2.56 bits per heavy atom. The number of aldehydes is 1. The van der Waals surface area contributed by atoms with Crippen molar-refractivity contribution in [2.24, 2.45) is 0 Å². The molecule has 0 bridgehead atoms. The van der Waals surface area contributed by atoms with Gasteiger partial charge in [0, 0.05) is 0 Å². The number of carbonyl (C=O) groups is 2. The summed E-state index contributed by atoms with van der Waals surface area (Å²) in [5.41, 5.74) is 0. The first-order valence-corrected chi connectivity index (χ1v) is 2.66. The molecule has 0 spiro atoms. The van der Waals surface area contributed by atoms with Crippen molar-refractivity contribution in [3.63, 3.8) is 0 Å². The van der Waals surface area contributed by atoms with Crippen LogP contribution in [0, 0.1) is 0 Å². The first kappa shape index (κ1) is 6.22. The molecular formula is C5H7NO3. The van der Waals surface area contributed by atoms with Crippen molar-refractivity contribution in [3.05, 3.63) is 0 Å². The van der Waals surface area contributed by atoms with Crippen LogP contribution in [-0.2, 0) is 14.3 Å². The zero-order valence-electron chi connectivity index (χ0n) is 4.79. The third kappa shape index (κ3) is 1.50. The molecule has 1 aliphatic heterocycles. The van der Waals surface area contributed by atoms with Gasteiger partial charge in [0.2, 0.25) is 5.91 Å². The van der Waals surface area contributed by atoms with Crippen molar-refractivity contribution < 1.29 is 14.3 Å². The highest BCUT2D eigenvalue weighted by Gasteiger charge is 2.16. The number of ether oxygens (including phenoxy) is 1. The lowest BCUT2D eigenvalue weighted by molar-refractivity contribution is -0.136. The van der Waals surface area contributed by atoms with Crippen LogP contribution in [0.25, 0.3) is 0 Å². The van der Waals surface area contributed by atoms with Crippen LogP contribution < -0.4 is 5.32 Å². The van der Waals surface area contributed by atoms with Gasteiger partial charge < -0.3 is 14.8 Å². The Bertz CT molecular complexity index is 124. The molecule has 1 aliphatic rings. The van der Waals surface area contributed by atoms with Crippen molar-refractivity contribution in [1.82, 2.24) is 5.32 Å². The topological polar surface area (TPSA) is 55.4 Å². The molecule has 4 heteroatoms. The Balaban J connectivity index is 2.34. The summed E-state index contributed by atoms with van der Waals surface area (Å²) in [4.78, 5) is 20.4. The summed E-state index contributed by atoms with van der Waals surface area (Å²) in [7, 11) is 0. The molecular weight excluding hydrogens is 122 g/mol. The van der Waals surface area contributed by atoms with Crippen molar-refractivity contribution in [2.75, 3.05) is 13.2 Å². The molecule has 0 aromatic carbocycles. The highest BCUT2D eigenvalue weighted by Crippen LogP contribution is 1.91. The molecule has 0 aliphatic carbocycles. The van der Waals surface area contributed by atoms with E-state index in [1.54, 1.807) is 0 Å². The minimum Gasteiger partial charge on any atom is -0.359 e. The maximum absolute atomic E-state index is 10.4. The molecule has 1 rings (SSSR count). The molecule has 1 N–H and O–H groups in total. The summed E-state index contributed by atoms with van der Waals surface area (Å²) < 4.78 is 4.76. The van der Waals surface area contributed by atoms with Crippen molar-refractivity contribution in [3.8, 4) is 0 Å². The summed E-state index contributed by atoms with van der Waals surface area (Å²) in [5.74, 6) is -0.159. The highest BCUT2D eigenvalue weighted by molar-refractivity contribution is 5.79. The lowest BCUT2D eigenvalue weighted by Gasteiger charge is -2.17. The minimum absolute atomic E-state index is 0.00338. The highest BCUT2D eigenvalue weighted by atomic mass is 16.5. The van der Waals surface area contributed by atoms with E-state index in [1.807, 2.05) is 0 Å². The summed E-state index contributed by atoms with van der Waals surface area (Å²) in [6, 6.07) is 0. The summed E-state index contributed by atoms with van der Waals surface area (Å²) >= 11 is 0. The number of amides is 1. The first-order valence-electron chi connectivity index (χ1n) is 2.66. The smallest absolute Gasteiger partial charge is 0.246 e. The molecule has 1 atom stereocenters. The number of morpholine rings is 1. The molecule has 1 unspecified atom stereocenters. The molecule has 1 fully saturated rings. The standard InChI is InChI=1S/C5H7NO3/c7-2-4-1-6-5(8)3-9-4/h2,4H,1,3H2,(H,6,8). The molecule has 50 valence electrons. The van der Waals surface area contributed by atoms with Crippen LogP contribution in [0.4, 0.5) is 0 Å². The van der Waals surface area contributed by atoms with Gasteiger partial charge in [-0.3, -0.25) is 4.79 Å². The van der Waals surface area contributed by atoms with E-state index < -0.39 is 6.10 Å². The van der Waals surface area contributed by atoms with Crippen LogP contribution in [0.5, 0.6) is 0 Å². The van der Waals surface area contributed by atoms with Crippen LogP contribution >= 0.6 is 0 Å². The van der Waals surface area contributed by atoms with E-state index in [0.717, 1.165) is 0 Å². The number of nitrogens with one attached hydrogen (secondary N) is 1. The van der Waals surface area contributed by atoms with E-state index in [4.69, 9.17) is 4.74 Å². The van der Waals surface area contributed by atoms with Gasteiger partial charge in [-0.25, -0.2) is 0 Å². The average Bonchev–Trinajstić information content (AvgIpc) is 1.90. The Labute approximate surface area is 52.2 Å². The van der Waals surface area contributed by atoms with Crippen molar-refractivity contribution >= 4 is 12.2 Å². The lowest BCUT2D eigenvalue weighted by atomic mass is 10.3. The van der Waals surface area contributed by atoms with Crippen LogP contribution in [0.3, 0.4) is 0 Å². The van der Waals surface area contributed by atoms with Gasteiger partial charge in [-0.05, 0) is 0 Å². The van der Waals surface area contributed by atoms with Crippen LogP contribution in [0.1, 0.15) is 0 Å². The zero-order chi connectivity index (χ0) is 6.69. The second-order valence-corrected chi connectivity index (χ2v) is 1.79. The average molecular weight is 129 g/mol. The van der Waals surface area contributed by atoms with Gasteiger partial charge in [-0.2, -0.15) is 0 Å². The Morgan fingerprint density at radius 3 is 3.00 bits per heavy atom. The van der Waals surface area contributed by atoms with Crippen molar-refractivity contribution in [2.45, 2.75) is 6.10 Å². The molecule has 0 aromatic rings. The van der Waals surface area contributed by atoms with E-state index in [2.05, 4.69) is 5.32 Å². The fraction of sp³-hybridized carbons (Fsp3) is 0.600. The van der Waals surface area contributed by atoms with Gasteiger partial charge in [-0.1, -0.05) is 0 Å². The molecule has 0 saturated carbocycles. The van der Waals surface area contributed by atoms with Gasteiger partial charge in [0.05, 0.1) is 6.54 Å². The third-order valence-electron chi connectivity index (χ3n) is 1.08. The lowest BCUT2D eigenvalue weighted by Crippen LogP contribution is -2.43. The summed E-state index contributed by atoms with van der Waals surface area (Å²) in [6.07, 6.45) is 0.238. The van der Waals surface area contributed by atoms with Gasteiger partial charge in [0.1, 0.15) is 12.7 Å². The van der Waals surface area contributed by atoms with E-state index >= 15 is 0 Å². The zero-order valence-corrected chi connectivity index (χ0v) is 4.79. The second kappa shape index (κ2) is 2.59. The van der Waals surface area contributed by atoms with Gasteiger partial charge >= 0.3 is 0 Å². The van der Waals surface area contributed by atoms with Crippen LogP contribution in [0.15, 0.2) is 0 Å².